The summed E-state index contributed by atoms with van der Waals surface area (Å²) in [5.41, 5.74) is 8.21. The largest absolute Gasteiger partial charge is 0.351 e. The number of primary amides is 1. The monoisotopic (exact) mass is 415 g/mol. The molecule has 0 aromatic heterocycles. The zero-order valence-corrected chi connectivity index (χ0v) is 17.9. The Bertz CT molecular complexity index is 805. The maximum Gasteiger partial charge on any atom is 0.323 e. The highest BCUT2D eigenvalue weighted by atomic mass is 35.5. The molecule has 1 heterocycles. The summed E-state index contributed by atoms with van der Waals surface area (Å²) in [7, 11) is 2.17. The average Bonchev–Trinajstić information content (AvgIpc) is 2.70. The second kappa shape index (κ2) is 10.1. The summed E-state index contributed by atoms with van der Waals surface area (Å²) in [6.07, 6.45) is 0. The molecule has 0 aliphatic carbocycles. The molecule has 1 atom stereocenters. The lowest BCUT2D eigenvalue weighted by atomic mass is 10.1. The molecule has 1 saturated heterocycles. The van der Waals surface area contributed by atoms with Crippen molar-refractivity contribution in [2.75, 3.05) is 44.7 Å². The number of carbonyl (C=O) groups excluding carboxylic acids is 1. The molecule has 2 aromatic carbocycles. The maximum atomic E-state index is 12.2. The molecule has 1 aliphatic heterocycles. The Morgan fingerprint density at radius 3 is 2.45 bits per heavy atom. The second-order valence-electron chi connectivity index (χ2n) is 7.66. The van der Waals surface area contributed by atoms with Gasteiger partial charge in [-0.15, -0.1) is 0 Å². The first-order valence-corrected chi connectivity index (χ1v) is 10.4. The Morgan fingerprint density at radius 1 is 1.14 bits per heavy atom. The summed E-state index contributed by atoms with van der Waals surface area (Å²) in [6, 6.07) is 14.8. The van der Waals surface area contributed by atoms with Gasteiger partial charge in [-0.05, 0) is 49.9 Å². The zero-order valence-electron chi connectivity index (χ0n) is 17.1. The maximum absolute atomic E-state index is 12.2. The van der Waals surface area contributed by atoms with Crippen LogP contribution >= 0.6 is 11.6 Å². The first-order chi connectivity index (χ1) is 13.9. The molecule has 3 rings (SSSR count). The number of nitrogens with two attached hydrogens (primary N) is 1. The van der Waals surface area contributed by atoms with E-state index < -0.39 is 6.03 Å². The van der Waals surface area contributed by atoms with Gasteiger partial charge < -0.3 is 16.0 Å². The molecule has 1 fully saturated rings. The molecule has 156 valence electrons. The normalized spacial score (nSPS) is 16.5. The highest BCUT2D eigenvalue weighted by Gasteiger charge is 2.19. The van der Waals surface area contributed by atoms with Crippen LogP contribution in [0.25, 0.3) is 0 Å². The van der Waals surface area contributed by atoms with Crippen molar-refractivity contribution < 1.29 is 4.79 Å². The van der Waals surface area contributed by atoms with Crippen molar-refractivity contribution in [3.8, 4) is 0 Å². The van der Waals surface area contributed by atoms with Crippen molar-refractivity contribution in [3.63, 3.8) is 0 Å². The van der Waals surface area contributed by atoms with E-state index in [4.69, 9.17) is 17.3 Å². The molecule has 29 heavy (non-hydrogen) atoms. The number of urea groups is 1. The van der Waals surface area contributed by atoms with Gasteiger partial charge in [-0.1, -0.05) is 29.8 Å². The molecule has 1 unspecified atom stereocenters. The van der Waals surface area contributed by atoms with Crippen LogP contribution in [-0.2, 0) is 6.54 Å². The van der Waals surface area contributed by atoms with Crippen molar-refractivity contribution in [1.82, 2.24) is 15.1 Å². The van der Waals surface area contributed by atoms with Crippen LogP contribution in [0.5, 0.6) is 0 Å². The van der Waals surface area contributed by atoms with Gasteiger partial charge in [0.2, 0.25) is 0 Å². The van der Waals surface area contributed by atoms with Gasteiger partial charge in [-0.3, -0.25) is 9.80 Å². The third kappa shape index (κ3) is 5.93. The van der Waals surface area contributed by atoms with Gasteiger partial charge in [0, 0.05) is 50.3 Å². The molecule has 1 aliphatic rings. The number of rotatable bonds is 7. The van der Waals surface area contributed by atoms with Crippen molar-refractivity contribution >= 4 is 29.0 Å². The van der Waals surface area contributed by atoms with Gasteiger partial charge in [0.05, 0.1) is 11.4 Å². The van der Waals surface area contributed by atoms with Gasteiger partial charge in [-0.2, -0.15) is 0 Å². The van der Waals surface area contributed by atoms with Gasteiger partial charge in [0.1, 0.15) is 0 Å². The predicted octanol–water partition coefficient (Wildman–Crippen LogP) is 3.28. The fourth-order valence-corrected chi connectivity index (χ4v) is 3.75. The van der Waals surface area contributed by atoms with E-state index in [9.17, 15) is 4.79 Å². The third-order valence-electron chi connectivity index (χ3n) is 5.31. The van der Waals surface area contributed by atoms with Crippen LogP contribution in [0, 0.1) is 0 Å². The molecular weight excluding hydrogens is 386 g/mol. The lowest BCUT2D eigenvalue weighted by Gasteiger charge is -2.34. The van der Waals surface area contributed by atoms with E-state index in [-0.39, 0.29) is 0 Å². The van der Waals surface area contributed by atoms with Crippen molar-refractivity contribution in [3.05, 3.63) is 59.1 Å². The van der Waals surface area contributed by atoms with E-state index in [2.05, 4.69) is 29.1 Å². The van der Waals surface area contributed by atoms with Crippen LogP contribution in [0.1, 0.15) is 12.5 Å². The van der Waals surface area contributed by atoms with E-state index in [1.165, 1.54) is 4.90 Å². The number of nitrogens with zero attached hydrogens (tertiary/aromatic N) is 3. The lowest BCUT2D eigenvalue weighted by Crippen LogP contribution is -2.48. The molecule has 0 spiro atoms. The van der Waals surface area contributed by atoms with E-state index in [1.807, 2.05) is 24.3 Å². The summed E-state index contributed by atoms with van der Waals surface area (Å²) in [6.45, 7) is 8.30. The minimum atomic E-state index is -0.523. The summed E-state index contributed by atoms with van der Waals surface area (Å²) in [5, 5.41) is 4.21. The van der Waals surface area contributed by atoms with Crippen LogP contribution in [0.15, 0.2) is 48.5 Å². The number of amides is 2. The van der Waals surface area contributed by atoms with Crippen molar-refractivity contribution in [2.24, 2.45) is 5.73 Å². The third-order valence-corrected chi connectivity index (χ3v) is 5.56. The van der Waals surface area contributed by atoms with Crippen LogP contribution in [0.2, 0.25) is 5.02 Å². The van der Waals surface area contributed by atoms with Crippen LogP contribution in [0.3, 0.4) is 0 Å². The number of nitrogens with one attached hydrogen (secondary N) is 1. The molecule has 3 N–H and O–H groups in total. The Morgan fingerprint density at radius 2 is 1.79 bits per heavy atom. The molecule has 0 bridgehead atoms. The van der Waals surface area contributed by atoms with Crippen LogP contribution in [0.4, 0.5) is 16.2 Å². The first kappa shape index (κ1) is 21.6. The number of hydrogen-bond acceptors (Lipinski definition) is 4. The molecule has 6 nitrogen and oxygen atoms in total. The first-order valence-electron chi connectivity index (χ1n) is 10.0. The van der Waals surface area contributed by atoms with E-state index in [0.717, 1.165) is 44.0 Å². The Labute approximate surface area is 178 Å². The summed E-state index contributed by atoms with van der Waals surface area (Å²) in [5.74, 6) is 0. The minimum Gasteiger partial charge on any atom is -0.351 e. The van der Waals surface area contributed by atoms with Gasteiger partial charge in [-0.25, -0.2) is 4.79 Å². The van der Waals surface area contributed by atoms with Crippen LogP contribution in [-0.4, -0.2) is 61.6 Å². The highest BCUT2D eigenvalue weighted by molar-refractivity contribution is 6.30. The summed E-state index contributed by atoms with van der Waals surface area (Å²) >= 11 is 5.99. The second-order valence-corrected chi connectivity index (χ2v) is 8.10. The van der Waals surface area contributed by atoms with Gasteiger partial charge in [0.25, 0.3) is 0 Å². The Hall–Kier alpha value is -2.12. The number of anilines is 2. The molecule has 0 saturated carbocycles. The SMILES string of the molecule is CC(CN1CCN(C)CC1)NCc1ccccc1N(C(N)=O)c1ccc(Cl)cc1. The minimum absolute atomic E-state index is 0.337. The Balaban J connectivity index is 1.69. The molecule has 2 amide bonds. The molecule has 7 heteroatoms. The van der Waals surface area contributed by atoms with E-state index in [1.54, 1.807) is 24.3 Å². The molecule has 2 aromatic rings. The smallest absolute Gasteiger partial charge is 0.323 e. The van der Waals surface area contributed by atoms with Gasteiger partial charge in [0.15, 0.2) is 0 Å². The van der Waals surface area contributed by atoms with Crippen molar-refractivity contribution in [2.45, 2.75) is 19.5 Å². The average molecular weight is 416 g/mol. The fourth-order valence-electron chi connectivity index (χ4n) is 3.62. The number of para-hydroxylation sites is 1. The zero-order chi connectivity index (χ0) is 20.8. The van der Waals surface area contributed by atoms with Gasteiger partial charge >= 0.3 is 6.03 Å². The Kier molecular flexibility index (Phi) is 7.50. The van der Waals surface area contributed by atoms with E-state index in [0.29, 0.717) is 23.3 Å². The number of halogens is 1. The highest BCUT2D eigenvalue weighted by Crippen LogP contribution is 2.29. The number of piperazine rings is 1. The standard InChI is InChI=1S/C22H30ClN5O/c1-17(16-27-13-11-26(2)12-14-27)25-15-18-5-3-4-6-21(18)28(22(24)29)20-9-7-19(23)8-10-20/h3-10,17,25H,11-16H2,1-2H3,(H2,24,29). The fraction of sp³-hybridized carbons (Fsp3) is 0.409. The number of likely N-dealkylation sites (N-methyl/N-ethyl adjacent to an activating group) is 1. The predicted molar refractivity (Wildman–Crippen MR) is 120 cm³/mol. The number of benzene rings is 2. The summed E-state index contributed by atoms with van der Waals surface area (Å²) in [4.78, 5) is 18.6. The number of hydrogen-bond donors (Lipinski definition) is 2. The molecule has 0 radical (unpaired) electrons. The topological polar surface area (TPSA) is 64.8 Å². The number of carbonyl (C=O) groups is 1. The van der Waals surface area contributed by atoms with Crippen molar-refractivity contribution in [1.29, 1.82) is 0 Å². The van der Waals surface area contributed by atoms with E-state index >= 15 is 0 Å². The lowest BCUT2D eigenvalue weighted by molar-refractivity contribution is 0.144. The quantitative estimate of drug-likeness (QED) is 0.728. The summed E-state index contributed by atoms with van der Waals surface area (Å²) < 4.78 is 0. The molecular formula is C22H30ClN5O. The van der Waals surface area contributed by atoms with Crippen LogP contribution < -0.4 is 16.0 Å².